The van der Waals surface area contributed by atoms with Crippen molar-refractivity contribution in [2.24, 2.45) is 9.98 Å². The van der Waals surface area contributed by atoms with Crippen LogP contribution in [0, 0.1) is 0 Å². The monoisotopic (exact) mass is 660 g/mol. The van der Waals surface area contributed by atoms with Crippen molar-refractivity contribution < 1.29 is 0 Å². The molecule has 48 heavy (non-hydrogen) atoms. The number of rotatable bonds is 7. The fourth-order valence-corrected chi connectivity index (χ4v) is 7.11. The second-order valence-corrected chi connectivity index (χ2v) is 12.6. The Hall–Kier alpha value is -5.29. The van der Waals surface area contributed by atoms with E-state index in [1.54, 1.807) is 0 Å². The molecule has 4 nitrogen and oxygen atoms in total. The molecule has 1 aromatic heterocycles. The summed E-state index contributed by atoms with van der Waals surface area (Å²) in [6.07, 6.45) is 5.56. The van der Waals surface area contributed by atoms with Gasteiger partial charge in [0.2, 0.25) is 0 Å². The topological polar surface area (TPSA) is 42.5 Å². The van der Waals surface area contributed by atoms with Crippen LogP contribution in [-0.4, -0.2) is 21.0 Å². The molecule has 1 aliphatic heterocycles. The zero-order valence-electron chi connectivity index (χ0n) is 26.0. The highest BCUT2D eigenvalue weighted by Gasteiger charge is 2.47. The maximum atomic E-state index is 7.24. The number of nitrogens with zero attached hydrogens (tertiary/aromatic N) is 4. The number of hydrogen-bond acceptors (Lipinski definition) is 3. The van der Waals surface area contributed by atoms with E-state index < -0.39 is 5.79 Å². The number of imidazole rings is 1. The minimum Gasteiger partial charge on any atom is -0.275 e. The SMILES string of the molecule is ClC1=C(C2(n3c(-c4ccccc4Cl)nc(-c4ccccc4)c3-c3ccccc3)N=C(c3ccccc3)C(c3ccccc3)=N2)CCC=C1. The van der Waals surface area contributed by atoms with Crippen molar-refractivity contribution in [2.45, 2.75) is 18.6 Å². The molecule has 0 spiro atoms. The third kappa shape index (κ3) is 5.24. The summed E-state index contributed by atoms with van der Waals surface area (Å²) >= 11 is 14.3. The number of allylic oxidation sites excluding steroid dienone is 3. The predicted molar refractivity (Wildman–Crippen MR) is 199 cm³/mol. The summed E-state index contributed by atoms with van der Waals surface area (Å²) in [5.74, 6) is -0.670. The van der Waals surface area contributed by atoms with Crippen LogP contribution in [0.25, 0.3) is 33.9 Å². The lowest BCUT2D eigenvalue weighted by atomic mass is 9.96. The van der Waals surface area contributed by atoms with E-state index in [-0.39, 0.29) is 0 Å². The standard InChI is InChI=1S/C42H30Cl2N4/c43-35-27-15-13-25-33(35)41-45-39(31-21-9-3-10-22-31)40(32-23-11-4-12-24-32)48(41)42(34-26-14-16-28-36(34)44)46-37(29-17-5-1-6-18-29)38(47-42)30-19-7-2-8-20-30/h1-13,15-25,27-28H,14,26H2. The van der Waals surface area contributed by atoms with Crippen LogP contribution >= 0.6 is 23.2 Å². The van der Waals surface area contributed by atoms with Crippen LogP contribution in [0.4, 0.5) is 0 Å². The van der Waals surface area contributed by atoms with Gasteiger partial charge in [-0.2, -0.15) is 0 Å². The van der Waals surface area contributed by atoms with Gasteiger partial charge in [-0.25, -0.2) is 15.0 Å². The molecule has 232 valence electrons. The van der Waals surface area contributed by atoms with Gasteiger partial charge in [0.15, 0.2) is 0 Å². The normalized spacial score (nSPS) is 15.4. The molecule has 0 radical (unpaired) electrons. The minimum atomic E-state index is -1.32. The van der Waals surface area contributed by atoms with Crippen molar-refractivity contribution in [3.63, 3.8) is 0 Å². The largest absolute Gasteiger partial charge is 0.275 e. The zero-order chi connectivity index (χ0) is 32.5. The fraction of sp³-hybridized carbons (Fsp3) is 0.0714. The predicted octanol–water partition coefficient (Wildman–Crippen LogP) is 11.0. The first-order valence-corrected chi connectivity index (χ1v) is 16.8. The van der Waals surface area contributed by atoms with Crippen LogP contribution in [0.3, 0.4) is 0 Å². The van der Waals surface area contributed by atoms with Gasteiger partial charge >= 0.3 is 0 Å². The van der Waals surface area contributed by atoms with E-state index in [9.17, 15) is 0 Å². The first kappa shape index (κ1) is 30.1. The first-order valence-electron chi connectivity index (χ1n) is 16.0. The van der Waals surface area contributed by atoms with Gasteiger partial charge in [0.1, 0.15) is 5.82 Å². The van der Waals surface area contributed by atoms with Crippen molar-refractivity contribution >= 4 is 34.6 Å². The maximum Gasteiger partial charge on any atom is 0.259 e. The Balaban J connectivity index is 1.57. The summed E-state index contributed by atoms with van der Waals surface area (Å²) in [6.45, 7) is 0. The highest BCUT2D eigenvalue weighted by atomic mass is 35.5. The molecule has 0 atom stereocenters. The van der Waals surface area contributed by atoms with Crippen molar-refractivity contribution in [1.29, 1.82) is 0 Å². The molecule has 0 N–H and O–H groups in total. The van der Waals surface area contributed by atoms with Crippen LogP contribution in [-0.2, 0) is 5.79 Å². The number of aliphatic imine (C=N–C) groups is 2. The third-order valence-corrected chi connectivity index (χ3v) is 9.45. The van der Waals surface area contributed by atoms with Gasteiger partial charge in [-0.3, -0.25) is 4.57 Å². The van der Waals surface area contributed by atoms with E-state index in [1.807, 2.05) is 103 Å². The summed E-state index contributed by atoms with van der Waals surface area (Å²) in [4.78, 5) is 16.9. The summed E-state index contributed by atoms with van der Waals surface area (Å²) in [6, 6.07) is 48.9. The van der Waals surface area contributed by atoms with E-state index in [1.165, 1.54) is 0 Å². The molecular weight excluding hydrogens is 631 g/mol. The number of benzene rings is 5. The van der Waals surface area contributed by atoms with Crippen molar-refractivity contribution in [3.05, 3.63) is 184 Å². The van der Waals surface area contributed by atoms with Crippen LogP contribution < -0.4 is 0 Å². The van der Waals surface area contributed by atoms with Gasteiger partial charge in [-0.1, -0.05) is 163 Å². The van der Waals surface area contributed by atoms with Crippen LogP contribution in [0.2, 0.25) is 5.02 Å². The second-order valence-electron chi connectivity index (χ2n) is 11.7. The second kappa shape index (κ2) is 12.7. The summed E-state index contributed by atoms with van der Waals surface area (Å²) < 4.78 is 2.18. The molecule has 6 heteroatoms. The van der Waals surface area contributed by atoms with Gasteiger partial charge in [0.25, 0.3) is 5.79 Å². The number of hydrogen-bond donors (Lipinski definition) is 0. The minimum absolute atomic E-state index is 0.583. The first-order chi connectivity index (χ1) is 23.6. The van der Waals surface area contributed by atoms with E-state index >= 15 is 0 Å². The van der Waals surface area contributed by atoms with Crippen LogP contribution in [0.5, 0.6) is 0 Å². The Morgan fingerprint density at radius 2 is 1.06 bits per heavy atom. The quantitative estimate of drug-likeness (QED) is 0.168. The summed E-state index contributed by atoms with van der Waals surface area (Å²) in [7, 11) is 0. The molecular formula is C42H30Cl2N4. The fourth-order valence-electron chi connectivity index (χ4n) is 6.58. The smallest absolute Gasteiger partial charge is 0.259 e. The maximum absolute atomic E-state index is 7.24. The third-order valence-electron chi connectivity index (χ3n) is 8.77. The lowest BCUT2D eigenvalue weighted by molar-refractivity contribution is 0.384. The van der Waals surface area contributed by atoms with Crippen molar-refractivity contribution in [1.82, 2.24) is 9.55 Å². The van der Waals surface area contributed by atoms with Gasteiger partial charge in [-0.15, -0.1) is 0 Å². The number of aromatic nitrogens is 2. The molecule has 6 aromatic rings. The lowest BCUT2D eigenvalue weighted by Gasteiger charge is -2.33. The molecule has 0 bridgehead atoms. The number of halogens is 2. The molecule has 0 saturated carbocycles. The highest BCUT2D eigenvalue weighted by Crippen LogP contribution is 2.50. The molecule has 8 rings (SSSR count). The van der Waals surface area contributed by atoms with Crippen LogP contribution in [0.15, 0.2) is 178 Å². The Bertz CT molecular complexity index is 2180. The van der Waals surface area contributed by atoms with E-state index in [4.69, 9.17) is 38.2 Å². The Morgan fingerprint density at radius 3 is 1.60 bits per heavy atom. The van der Waals surface area contributed by atoms with Crippen molar-refractivity contribution in [2.75, 3.05) is 0 Å². The van der Waals surface area contributed by atoms with Gasteiger partial charge in [-0.05, 0) is 31.1 Å². The highest BCUT2D eigenvalue weighted by molar-refractivity contribution is 6.54. The van der Waals surface area contributed by atoms with Gasteiger partial charge in [0.05, 0.1) is 27.8 Å². The van der Waals surface area contributed by atoms with E-state index in [2.05, 4.69) is 59.2 Å². The molecule has 0 fully saturated rings. The lowest BCUT2D eigenvalue weighted by Crippen LogP contribution is -2.33. The van der Waals surface area contributed by atoms with Gasteiger partial charge in [0, 0.05) is 38.4 Å². The van der Waals surface area contributed by atoms with E-state index in [0.717, 1.165) is 62.6 Å². The van der Waals surface area contributed by atoms with Crippen molar-refractivity contribution in [3.8, 4) is 33.9 Å². The Morgan fingerprint density at radius 1 is 0.562 bits per heavy atom. The van der Waals surface area contributed by atoms with Gasteiger partial charge < -0.3 is 0 Å². The zero-order valence-corrected chi connectivity index (χ0v) is 27.5. The Labute approximate surface area is 290 Å². The van der Waals surface area contributed by atoms with Crippen LogP contribution in [0.1, 0.15) is 24.0 Å². The average molecular weight is 662 g/mol. The molecule has 0 unspecified atom stereocenters. The molecule has 2 heterocycles. The summed E-state index contributed by atoms with van der Waals surface area (Å²) in [5.41, 5.74) is 8.80. The average Bonchev–Trinajstić information content (AvgIpc) is 3.75. The molecule has 0 amide bonds. The van der Waals surface area contributed by atoms with E-state index in [0.29, 0.717) is 22.3 Å². The molecule has 1 aliphatic carbocycles. The molecule has 2 aliphatic rings. The summed E-state index contributed by atoms with van der Waals surface area (Å²) in [5, 5.41) is 1.20. The molecule has 5 aromatic carbocycles. The molecule has 0 saturated heterocycles. The Kier molecular flexibility index (Phi) is 7.97.